The maximum atomic E-state index is 12.4. The summed E-state index contributed by atoms with van der Waals surface area (Å²) in [7, 11) is 0. The SMILES string of the molecule is Cc1ccccc1C(=O)Nc1ccc(C(=O)NNC(=O)C(C)Oc2ccc(Cl)cc2Br)cc1. The summed E-state index contributed by atoms with van der Waals surface area (Å²) < 4.78 is 6.19. The molecule has 0 aliphatic heterocycles. The molecule has 3 N–H and O–H groups in total. The summed E-state index contributed by atoms with van der Waals surface area (Å²) in [6.45, 7) is 3.41. The lowest BCUT2D eigenvalue weighted by molar-refractivity contribution is -0.128. The number of benzene rings is 3. The Morgan fingerprint density at radius 3 is 2.30 bits per heavy atom. The minimum absolute atomic E-state index is 0.237. The van der Waals surface area contributed by atoms with Crippen LogP contribution in [0.5, 0.6) is 5.75 Å². The van der Waals surface area contributed by atoms with Gasteiger partial charge in [-0.05, 0) is 83.9 Å². The van der Waals surface area contributed by atoms with Crippen molar-refractivity contribution in [3.8, 4) is 5.75 Å². The van der Waals surface area contributed by atoms with E-state index in [1.165, 1.54) is 0 Å². The van der Waals surface area contributed by atoms with E-state index in [-0.39, 0.29) is 5.91 Å². The highest BCUT2D eigenvalue weighted by Crippen LogP contribution is 2.28. The molecule has 0 heterocycles. The molecule has 3 aromatic rings. The van der Waals surface area contributed by atoms with Gasteiger partial charge in [0.05, 0.1) is 4.47 Å². The van der Waals surface area contributed by atoms with Crippen molar-refractivity contribution in [2.24, 2.45) is 0 Å². The molecule has 0 aliphatic rings. The normalized spacial score (nSPS) is 11.3. The van der Waals surface area contributed by atoms with Crippen molar-refractivity contribution in [2.75, 3.05) is 5.32 Å². The highest BCUT2D eigenvalue weighted by molar-refractivity contribution is 9.10. The maximum Gasteiger partial charge on any atom is 0.279 e. The van der Waals surface area contributed by atoms with Gasteiger partial charge in [0.15, 0.2) is 6.10 Å². The van der Waals surface area contributed by atoms with Crippen LogP contribution in [0.2, 0.25) is 5.02 Å². The first-order valence-electron chi connectivity index (χ1n) is 9.93. The van der Waals surface area contributed by atoms with Gasteiger partial charge in [-0.3, -0.25) is 25.2 Å². The maximum absolute atomic E-state index is 12.4. The number of ether oxygens (including phenoxy) is 1. The molecule has 0 spiro atoms. The number of hydrazine groups is 1. The summed E-state index contributed by atoms with van der Waals surface area (Å²) in [6, 6.07) is 18.5. The van der Waals surface area contributed by atoms with Crippen LogP contribution in [-0.2, 0) is 4.79 Å². The number of rotatable bonds is 6. The summed E-state index contributed by atoms with van der Waals surface area (Å²) in [5.41, 5.74) is 6.96. The van der Waals surface area contributed by atoms with Crippen LogP contribution in [0.15, 0.2) is 71.2 Å². The van der Waals surface area contributed by atoms with Gasteiger partial charge in [-0.15, -0.1) is 0 Å². The molecule has 0 saturated heterocycles. The highest BCUT2D eigenvalue weighted by Gasteiger charge is 2.17. The first-order chi connectivity index (χ1) is 15.7. The number of hydrogen-bond donors (Lipinski definition) is 3. The lowest BCUT2D eigenvalue weighted by atomic mass is 10.1. The van der Waals surface area contributed by atoms with Crippen molar-refractivity contribution in [3.05, 3.63) is 92.9 Å². The fourth-order valence-corrected chi connectivity index (χ4v) is 3.61. The number of carbonyl (C=O) groups excluding carboxylic acids is 3. The Labute approximate surface area is 204 Å². The molecule has 0 aliphatic carbocycles. The van der Waals surface area contributed by atoms with Crippen LogP contribution in [-0.4, -0.2) is 23.8 Å². The average Bonchev–Trinajstić information content (AvgIpc) is 2.79. The summed E-state index contributed by atoms with van der Waals surface area (Å²) >= 11 is 9.21. The Kier molecular flexibility index (Phi) is 8.08. The Hall–Kier alpha value is -3.36. The molecule has 0 fully saturated rings. The summed E-state index contributed by atoms with van der Waals surface area (Å²) in [4.78, 5) is 37.0. The van der Waals surface area contributed by atoms with Gasteiger partial charge in [0.25, 0.3) is 17.7 Å². The number of carbonyl (C=O) groups is 3. The molecule has 3 aromatic carbocycles. The second kappa shape index (κ2) is 11.0. The molecule has 0 radical (unpaired) electrons. The Morgan fingerprint density at radius 1 is 0.939 bits per heavy atom. The van der Waals surface area contributed by atoms with E-state index in [4.69, 9.17) is 16.3 Å². The highest BCUT2D eigenvalue weighted by atomic mass is 79.9. The standard InChI is InChI=1S/C24H21BrClN3O4/c1-14-5-3-4-6-19(14)24(32)27-18-10-7-16(8-11-18)23(31)29-28-22(30)15(2)33-21-12-9-17(26)13-20(21)25/h3-13,15H,1-2H3,(H,27,32)(H,28,30)(H,29,31). The number of halogens is 2. The van der Waals surface area contributed by atoms with Gasteiger partial charge in [-0.2, -0.15) is 0 Å². The number of aryl methyl sites for hydroxylation is 1. The van der Waals surface area contributed by atoms with Gasteiger partial charge in [-0.1, -0.05) is 29.8 Å². The van der Waals surface area contributed by atoms with Gasteiger partial charge in [0.1, 0.15) is 5.75 Å². The van der Waals surface area contributed by atoms with Gasteiger partial charge >= 0.3 is 0 Å². The van der Waals surface area contributed by atoms with Crippen molar-refractivity contribution < 1.29 is 19.1 Å². The zero-order chi connectivity index (χ0) is 24.0. The zero-order valence-corrected chi connectivity index (χ0v) is 20.2. The van der Waals surface area contributed by atoms with Crippen LogP contribution in [0.3, 0.4) is 0 Å². The van der Waals surface area contributed by atoms with Gasteiger partial charge in [0, 0.05) is 21.8 Å². The quantitative estimate of drug-likeness (QED) is 0.395. The minimum atomic E-state index is -0.873. The molecule has 33 heavy (non-hydrogen) atoms. The number of hydrogen-bond acceptors (Lipinski definition) is 4. The van der Waals surface area contributed by atoms with Crippen molar-refractivity contribution in [3.63, 3.8) is 0 Å². The Morgan fingerprint density at radius 2 is 1.64 bits per heavy atom. The van der Waals surface area contributed by atoms with E-state index in [2.05, 4.69) is 32.1 Å². The van der Waals surface area contributed by atoms with Gasteiger partial charge < -0.3 is 10.1 Å². The van der Waals surface area contributed by atoms with Crippen molar-refractivity contribution in [1.29, 1.82) is 0 Å². The third-order valence-electron chi connectivity index (χ3n) is 4.66. The second-order valence-electron chi connectivity index (χ2n) is 7.12. The van der Waals surface area contributed by atoms with E-state index < -0.39 is 17.9 Å². The molecule has 0 bridgehead atoms. The monoisotopic (exact) mass is 529 g/mol. The molecule has 0 saturated carbocycles. The smallest absolute Gasteiger partial charge is 0.279 e. The van der Waals surface area contributed by atoms with E-state index in [9.17, 15) is 14.4 Å². The largest absolute Gasteiger partial charge is 0.480 e. The molecule has 170 valence electrons. The van der Waals surface area contributed by atoms with E-state index >= 15 is 0 Å². The Bertz CT molecular complexity index is 1180. The molecule has 7 nitrogen and oxygen atoms in total. The summed E-state index contributed by atoms with van der Waals surface area (Å²) in [5, 5.41) is 3.32. The summed E-state index contributed by atoms with van der Waals surface area (Å²) in [5.74, 6) is -0.845. The lowest BCUT2D eigenvalue weighted by Crippen LogP contribution is -2.47. The minimum Gasteiger partial charge on any atom is -0.480 e. The summed E-state index contributed by atoms with van der Waals surface area (Å²) in [6.07, 6.45) is -0.873. The molecule has 1 atom stereocenters. The van der Waals surface area contributed by atoms with E-state index in [1.807, 2.05) is 19.1 Å². The first kappa shape index (κ1) is 24.3. The van der Waals surface area contributed by atoms with Crippen molar-refractivity contribution in [1.82, 2.24) is 10.9 Å². The molecular formula is C24H21BrClN3O4. The topological polar surface area (TPSA) is 96.5 Å². The predicted octanol–water partition coefficient (Wildman–Crippen LogP) is 4.89. The Balaban J connectivity index is 1.52. The molecule has 9 heteroatoms. The van der Waals surface area contributed by atoms with Crippen LogP contribution in [0, 0.1) is 6.92 Å². The number of nitrogens with one attached hydrogen (secondary N) is 3. The predicted molar refractivity (Wildman–Crippen MR) is 130 cm³/mol. The van der Waals surface area contributed by atoms with E-state index in [0.29, 0.717) is 32.1 Å². The van der Waals surface area contributed by atoms with E-state index in [0.717, 1.165) is 5.56 Å². The third-order valence-corrected chi connectivity index (χ3v) is 5.52. The van der Waals surface area contributed by atoms with Crippen LogP contribution in [0.4, 0.5) is 5.69 Å². The van der Waals surface area contributed by atoms with Gasteiger partial charge in [0.2, 0.25) is 0 Å². The molecule has 3 amide bonds. The fraction of sp³-hybridized carbons (Fsp3) is 0.125. The molecule has 3 rings (SSSR count). The zero-order valence-electron chi connectivity index (χ0n) is 17.8. The average molecular weight is 531 g/mol. The van der Waals surface area contributed by atoms with Crippen molar-refractivity contribution in [2.45, 2.75) is 20.0 Å². The van der Waals surface area contributed by atoms with Crippen LogP contribution < -0.4 is 20.9 Å². The van der Waals surface area contributed by atoms with Crippen LogP contribution in [0.1, 0.15) is 33.2 Å². The molecule has 1 unspecified atom stereocenters. The number of anilines is 1. The molecular weight excluding hydrogens is 510 g/mol. The van der Waals surface area contributed by atoms with Gasteiger partial charge in [-0.25, -0.2) is 0 Å². The van der Waals surface area contributed by atoms with Crippen molar-refractivity contribution >= 4 is 50.9 Å². The molecule has 0 aromatic heterocycles. The van der Waals surface area contributed by atoms with E-state index in [1.54, 1.807) is 61.5 Å². The van der Waals surface area contributed by atoms with Crippen LogP contribution >= 0.6 is 27.5 Å². The lowest BCUT2D eigenvalue weighted by Gasteiger charge is -2.16. The third kappa shape index (κ3) is 6.57. The fourth-order valence-electron chi connectivity index (χ4n) is 2.84. The second-order valence-corrected chi connectivity index (χ2v) is 8.42. The number of amides is 3. The first-order valence-corrected chi connectivity index (χ1v) is 11.1. The van der Waals surface area contributed by atoms with Crippen LogP contribution in [0.25, 0.3) is 0 Å².